The van der Waals surface area contributed by atoms with Crippen molar-refractivity contribution in [3.05, 3.63) is 58.6 Å². The van der Waals surface area contributed by atoms with Gasteiger partial charge in [-0.05, 0) is 30.3 Å². The number of benzene rings is 2. The van der Waals surface area contributed by atoms with Gasteiger partial charge in [-0.3, -0.25) is 4.79 Å². The number of para-hydroxylation sites is 1. The Morgan fingerprint density at radius 1 is 1.12 bits per heavy atom. The van der Waals surface area contributed by atoms with E-state index in [9.17, 15) is 4.79 Å². The van der Waals surface area contributed by atoms with Gasteiger partial charge in [0, 0.05) is 22.8 Å². The molecule has 0 N–H and O–H groups in total. The Hall–Kier alpha value is -1.61. The minimum atomic E-state index is 0.690. The van der Waals surface area contributed by atoms with Crippen LogP contribution < -0.4 is 4.90 Å². The third-order valence-corrected chi connectivity index (χ3v) is 3.11. The largest absolute Gasteiger partial charge is 0.344 e. The SMILES string of the molecule is CN(c1cccc(Br)c1)c1ccccc1C=O. The molecule has 0 radical (unpaired) electrons. The zero-order chi connectivity index (χ0) is 12.3. The molecule has 0 aliphatic rings. The van der Waals surface area contributed by atoms with E-state index in [4.69, 9.17) is 0 Å². The fourth-order valence-corrected chi connectivity index (χ4v) is 2.10. The van der Waals surface area contributed by atoms with Crippen LogP contribution in [-0.2, 0) is 0 Å². The number of rotatable bonds is 3. The standard InChI is InChI=1S/C14H12BrNO/c1-16(13-7-4-6-12(15)9-13)14-8-3-2-5-11(14)10-17/h2-10H,1H3. The van der Waals surface area contributed by atoms with Gasteiger partial charge in [0.1, 0.15) is 0 Å². The average Bonchev–Trinajstić information content (AvgIpc) is 2.38. The maximum Gasteiger partial charge on any atom is 0.152 e. The van der Waals surface area contributed by atoms with E-state index in [0.717, 1.165) is 22.1 Å². The Kier molecular flexibility index (Phi) is 3.59. The highest BCUT2D eigenvalue weighted by Crippen LogP contribution is 2.27. The molecule has 0 aromatic heterocycles. The first-order chi connectivity index (χ1) is 8.22. The number of carbonyl (C=O) groups excluding carboxylic acids is 1. The number of halogens is 1. The van der Waals surface area contributed by atoms with Gasteiger partial charge >= 0.3 is 0 Å². The highest BCUT2D eigenvalue weighted by Gasteiger charge is 2.08. The lowest BCUT2D eigenvalue weighted by molar-refractivity contribution is 0.112. The van der Waals surface area contributed by atoms with E-state index in [1.54, 1.807) is 0 Å². The van der Waals surface area contributed by atoms with E-state index in [2.05, 4.69) is 15.9 Å². The predicted molar refractivity (Wildman–Crippen MR) is 74.0 cm³/mol. The number of nitrogens with zero attached hydrogens (tertiary/aromatic N) is 1. The molecule has 0 bridgehead atoms. The molecule has 2 rings (SSSR count). The van der Waals surface area contributed by atoms with Crippen molar-refractivity contribution in [1.82, 2.24) is 0 Å². The van der Waals surface area contributed by atoms with Crippen LogP contribution in [0.15, 0.2) is 53.0 Å². The smallest absolute Gasteiger partial charge is 0.152 e. The highest BCUT2D eigenvalue weighted by molar-refractivity contribution is 9.10. The van der Waals surface area contributed by atoms with E-state index >= 15 is 0 Å². The second kappa shape index (κ2) is 5.15. The Balaban J connectivity index is 2.43. The van der Waals surface area contributed by atoms with Gasteiger partial charge in [0.05, 0.1) is 5.69 Å². The van der Waals surface area contributed by atoms with E-state index in [1.165, 1.54) is 0 Å². The Morgan fingerprint density at radius 3 is 2.59 bits per heavy atom. The molecular weight excluding hydrogens is 278 g/mol. The van der Waals surface area contributed by atoms with Crippen molar-refractivity contribution < 1.29 is 4.79 Å². The van der Waals surface area contributed by atoms with Crippen molar-refractivity contribution in [3.63, 3.8) is 0 Å². The molecule has 0 spiro atoms. The summed E-state index contributed by atoms with van der Waals surface area (Å²) >= 11 is 3.44. The van der Waals surface area contributed by atoms with Crippen LogP contribution in [0.5, 0.6) is 0 Å². The molecule has 0 saturated carbocycles. The van der Waals surface area contributed by atoms with Crippen LogP contribution in [0.4, 0.5) is 11.4 Å². The minimum absolute atomic E-state index is 0.690. The van der Waals surface area contributed by atoms with Crippen molar-refractivity contribution in [2.75, 3.05) is 11.9 Å². The van der Waals surface area contributed by atoms with Crippen molar-refractivity contribution in [1.29, 1.82) is 0 Å². The normalized spacial score (nSPS) is 10.0. The Morgan fingerprint density at radius 2 is 1.88 bits per heavy atom. The summed E-state index contributed by atoms with van der Waals surface area (Å²) < 4.78 is 1.02. The average molecular weight is 290 g/mol. The van der Waals surface area contributed by atoms with Crippen molar-refractivity contribution >= 4 is 33.6 Å². The molecule has 0 amide bonds. The van der Waals surface area contributed by atoms with Gasteiger partial charge in [-0.2, -0.15) is 0 Å². The minimum Gasteiger partial charge on any atom is -0.344 e. The van der Waals surface area contributed by atoms with Crippen LogP contribution >= 0.6 is 15.9 Å². The second-order valence-corrected chi connectivity index (χ2v) is 4.63. The van der Waals surface area contributed by atoms with Crippen molar-refractivity contribution in [2.45, 2.75) is 0 Å². The number of hydrogen-bond donors (Lipinski definition) is 0. The molecule has 0 saturated heterocycles. The fraction of sp³-hybridized carbons (Fsp3) is 0.0714. The summed E-state index contributed by atoms with van der Waals surface area (Å²) in [6, 6.07) is 15.5. The number of carbonyl (C=O) groups is 1. The highest BCUT2D eigenvalue weighted by atomic mass is 79.9. The fourth-order valence-electron chi connectivity index (χ4n) is 1.72. The maximum atomic E-state index is 11.0. The number of aldehydes is 1. The molecule has 17 heavy (non-hydrogen) atoms. The summed E-state index contributed by atoms with van der Waals surface area (Å²) in [5.74, 6) is 0. The van der Waals surface area contributed by atoms with E-state index in [1.807, 2.05) is 60.5 Å². The van der Waals surface area contributed by atoms with Crippen LogP contribution in [-0.4, -0.2) is 13.3 Å². The third-order valence-electron chi connectivity index (χ3n) is 2.62. The van der Waals surface area contributed by atoms with Gasteiger partial charge in [0.25, 0.3) is 0 Å². The zero-order valence-corrected chi connectivity index (χ0v) is 11.0. The lowest BCUT2D eigenvalue weighted by Crippen LogP contribution is -2.11. The van der Waals surface area contributed by atoms with E-state index in [-0.39, 0.29) is 0 Å². The summed E-state index contributed by atoms with van der Waals surface area (Å²) in [6.45, 7) is 0. The van der Waals surface area contributed by atoms with Gasteiger partial charge in [-0.15, -0.1) is 0 Å². The monoisotopic (exact) mass is 289 g/mol. The van der Waals surface area contributed by atoms with Crippen LogP contribution in [0, 0.1) is 0 Å². The van der Waals surface area contributed by atoms with Gasteiger partial charge in [0.15, 0.2) is 6.29 Å². The van der Waals surface area contributed by atoms with Crippen LogP contribution in [0.1, 0.15) is 10.4 Å². The molecule has 0 unspecified atom stereocenters. The molecule has 0 aliphatic heterocycles. The summed E-state index contributed by atoms with van der Waals surface area (Å²) in [6.07, 6.45) is 0.879. The van der Waals surface area contributed by atoms with Crippen LogP contribution in [0.3, 0.4) is 0 Å². The van der Waals surface area contributed by atoms with Gasteiger partial charge in [-0.25, -0.2) is 0 Å². The van der Waals surface area contributed by atoms with Crippen molar-refractivity contribution in [2.24, 2.45) is 0 Å². The summed E-state index contributed by atoms with van der Waals surface area (Å²) in [5.41, 5.74) is 2.63. The topological polar surface area (TPSA) is 20.3 Å². The summed E-state index contributed by atoms with van der Waals surface area (Å²) in [4.78, 5) is 13.0. The molecule has 3 heteroatoms. The third kappa shape index (κ3) is 2.56. The molecular formula is C14H12BrNO. The summed E-state index contributed by atoms with van der Waals surface area (Å²) in [7, 11) is 1.95. The van der Waals surface area contributed by atoms with E-state index in [0.29, 0.717) is 5.56 Å². The summed E-state index contributed by atoms with van der Waals surface area (Å²) in [5, 5.41) is 0. The van der Waals surface area contributed by atoms with E-state index < -0.39 is 0 Å². The first-order valence-corrected chi connectivity index (χ1v) is 6.05. The lowest BCUT2D eigenvalue weighted by atomic mass is 10.1. The van der Waals surface area contributed by atoms with Crippen LogP contribution in [0.2, 0.25) is 0 Å². The Labute approximate surface area is 109 Å². The lowest BCUT2D eigenvalue weighted by Gasteiger charge is -2.21. The quantitative estimate of drug-likeness (QED) is 0.795. The van der Waals surface area contributed by atoms with Crippen LogP contribution in [0.25, 0.3) is 0 Å². The molecule has 0 heterocycles. The second-order valence-electron chi connectivity index (χ2n) is 3.72. The molecule has 0 atom stereocenters. The molecule has 2 nitrogen and oxygen atoms in total. The Bertz CT molecular complexity index is 539. The number of anilines is 2. The first kappa shape index (κ1) is 11.9. The molecule has 0 aliphatic carbocycles. The van der Waals surface area contributed by atoms with Gasteiger partial charge < -0.3 is 4.90 Å². The molecule has 0 fully saturated rings. The molecule has 2 aromatic carbocycles. The number of hydrogen-bond acceptors (Lipinski definition) is 2. The maximum absolute atomic E-state index is 11.0. The van der Waals surface area contributed by atoms with Gasteiger partial charge in [-0.1, -0.05) is 34.1 Å². The zero-order valence-electron chi connectivity index (χ0n) is 9.43. The van der Waals surface area contributed by atoms with Crippen molar-refractivity contribution in [3.8, 4) is 0 Å². The predicted octanol–water partition coefficient (Wildman–Crippen LogP) is 4.03. The van der Waals surface area contributed by atoms with Gasteiger partial charge in [0.2, 0.25) is 0 Å². The first-order valence-electron chi connectivity index (χ1n) is 5.26. The molecule has 2 aromatic rings. The molecule has 86 valence electrons.